The smallest absolute Gasteiger partial charge is 0.258 e. The monoisotopic (exact) mass is 591 g/mol. The van der Waals surface area contributed by atoms with E-state index in [1.807, 2.05) is 66.7 Å². The van der Waals surface area contributed by atoms with Gasteiger partial charge in [-0.15, -0.1) is 0 Å². The number of anilines is 1. The van der Waals surface area contributed by atoms with Crippen molar-refractivity contribution in [1.82, 2.24) is 10.2 Å². The minimum Gasteiger partial charge on any atom is -0.352 e. The molecule has 0 spiro atoms. The molecule has 1 heterocycles. The van der Waals surface area contributed by atoms with E-state index in [9.17, 15) is 18.8 Å². The van der Waals surface area contributed by atoms with Crippen LogP contribution in [-0.2, 0) is 22.6 Å². The maximum Gasteiger partial charge on any atom is 0.258 e. The van der Waals surface area contributed by atoms with Gasteiger partial charge in [-0.25, -0.2) is 4.39 Å². The highest BCUT2D eigenvalue weighted by atomic mass is 19.1. The zero-order chi connectivity index (χ0) is 30.5. The Morgan fingerprint density at radius 3 is 2.39 bits per heavy atom. The fourth-order valence-corrected chi connectivity index (χ4v) is 6.64. The fraction of sp³-hybridized carbons (Fsp3) is 0.324. The summed E-state index contributed by atoms with van der Waals surface area (Å²) in [7, 11) is 0. The summed E-state index contributed by atoms with van der Waals surface area (Å²) in [6.07, 6.45) is 5.99. The predicted octanol–water partition coefficient (Wildman–Crippen LogP) is 6.81. The van der Waals surface area contributed by atoms with Crippen LogP contribution in [-0.4, -0.2) is 41.2 Å². The van der Waals surface area contributed by atoms with Crippen LogP contribution >= 0.6 is 0 Å². The molecule has 1 saturated carbocycles. The van der Waals surface area contributed by atoms with Gasteiger partial charge < -0.3 is 15.1 Å². The molecule has 226 valence electrons. The average molecular weight is 592 g/mol. The third-order valence-electron chi connectivity index (χ3n) is 8.94. The summed E-state index contributed by atoms with van der Waals surface area (Å²) in [6, 6.07) is 26.9. The third kappa shape index (κ3) is 6.37. The van der Waals surface area contributed by atoms with Crippen LogP contribution < -0.4 is 10.2 Å². The third-order valence-corrected chi connectivity index (χ3v) is 8.94. The minimum atomic E-state index is -0.808. The number of rotatable bonds is 11. The van der Waals surface area contributed by atoms with Crippen LogP contribution in [0.15, 0.2) is 91.0 Å². The van der Waals surface area contributed by atoms with Gasteiger partial charge in [-0.05, 0) is 48.4 Å². The van der Waals surface area contributed by atoms with Gasteiger partial charge >= 0.3 is 0 Å². The summed E-state index contributed by atoms with van der Waals surface area (Å²) in [5.74, 6) is -0.927. The standard InChI is InChI=1S/C37H38FN3O3/c38-31-20-8-7-14-28(31)25-41(33(24-26-12-3-1-4-13-26)36(43)39-29-17-5-2-6-18-29)34(42)22-11-23-40-32-21-10-16-27-15-9-19-30(35(27)32)37(40)44/h1,3-4,7-10,12-16,19-21,29,33H,2,5-6,11,17-18,22-25H2,(H,39,43)/t33-/m1/s1. The van der Waals surface area contributed by atoms with Crippen molar-refractivity contribution >= 4 is 34.2 Å². The Bertz CT molecular complexity index is 1650. The molecule has 4 aromatic rings. The summed E-state index contributed by atoms with van der Waals surface area (Å²) in [4.78, 5) is 44.6. The van der Waals surface area contributed by atoms with Crippen LogP contribution in [0.3, 0.4) is 0 Å². The number of benzene rings is 4. The van der Waals surface area contributed by atoms with Crippen LogP contribution in [0.5, 0.6) is 0 Å². The Balaban J connectivity index is 1.24. The van der Waals surface area contributed by atoms with E-state index in [4.69, 9.17) is 0 Å². The SMILES string of the molecule is O=C(NC1CCCCC1)[C@@H](Cc1ccccc1)N(Cc1ccccc1F)C(=O)CCCN1C(=O)c2cccc3cccc1c23. The lowest BCUT2D eigenvalue weighted by molar-refractivity contribution is -0.141. The molecule has 1 aliphatic heterocycles. The Morgan fingerprint density at radius 2 is 1.61 bits per heavy atom. The van der Waals surface area contributed by atoms with Crippen molar-refractivity contribution in [3.05, 3.63) is 114 Å². The number of amides is 3. The topological polar surface area (TPSA) is 69.7 Å². The van der Waals surface area contributed by atoms with E-state index in [0.29, 0.717) is 30.5 Å². The van der Waals surface area contributed by atoms with Crippen molar-refractivity contribution in [2.75, 3.05) is 11.4 Å². The van der Waals surface area contributed by atoms with Gasteiger partial charge in [0.15, 0.2) is 0 Å². The summed E-state index contributed by atoms with van der Waals surface area (Å²) < 4.78 is 14.9. The molecule has 6 rings (SSSR count). The first-order valence-corrected chi connectivity index (χ1v) is 15.7. The second-order valence-corrected chi connectivity index (χ2v) is 11.9. The van der Waals surface area contributed by atoms with E-state index < -0.39 is 11.9 Å². The molecule has 0 unspecified atom stereocenters. The van der Waals surface area contributed by atoms with E-state index in [1.165, 1.54) is 6.07 Å². The van der Waals surface area contributed by atoms with Crippen molar-refractivity contribution in [2.45, 2.75) is 70.0 Å². The highest BCUT2D eigenvalue weighted by molar-refractivity contribution is 6.25. The first kappa shape index (κ1) is 29.5. The van der Waals surface area contributed by atoms with Crippen molar-refractivity contribution < 1.29 is 18.8 Å². The van der Waals surface area contributed by atoms with E-state index in [1.54, 1.807) is 28.0 Å². The Kier molecular flexibility index (Phi) is 9.01. The van der Waals surface area contributed by atoms with Crippen molar-refractivity contribution in [3.8, 4) is 0 Å². The molecule has 2 aliphatic rings. The average Bonchev–Trinajstić information content (AvgIpc) is 3.32. The van der Waals surface area contributed by atoms with Gasteiger partial charge in [0.2, 0.25) is 11.8 Å². The lowest BCUT2D eigenvalue weighted by Gasteiger charge is -2.33. The van der Waals surface area contributed by atoms with E-state index in [0.717, 1.165) is 54.1 Å². The molecule has 44 heavy (non-hydrogen) atoms. The Morgan fingerprint density at radius 1 is 0.886 bits per heavy atom. The molecule has 1 aliphatic carbocycles. The Labute approximate surface area is 257 Å². The number of hydrogen-bond acceptors (Lipinski definition) is 3. The molecular formula is C37H38FN3O3. The van der Waals surface area contributed by atoms with Crippen LogP contribution in [0, 0.1) is 5.82 Å². The Hall–Kier alpha value is -4.52. The van der Waals surface area contributed by atoms with Gasteiger partial charge in [0.05, 0.1) is 5.69 Å². The van der Waals surface area contributed by atoms with Gasteiger partial charge in [-0.1, -0.05) is 92.1 Å². The van der Waals surface area contributed by atoms with Crippen molar-refractivity contribution in [1.29, 1.82) is 0 Å². The normalized spacial score (nSPS) is 15.4. The van der Waals surface area contributed by atoms with Gasteiger partial charge in [-0.3, -0.25) is 14.4 Å². The van der Waals surface area contributed by atoms with Gasteiger partial charge in [-0.2, -0.15) is 0 Å². The predicted molar refractivity (Wildman–Crippen MR) is 171 cm³/mol. The quantitative estimate of drug-likeness (QED) is 0.208. The lowest BCUT2D eigenvalue weighted by atomic mass is 9.94. The molecule has 1 atom stereocenters. The number of carbonyl (C=O) groups excluding carboxylic acids is 3. The largest absolute Gasteiger partial charge is 0.352 e. The molecule has 0 saturated heterocycles. The molecular weight excluding hydrogens is 553 g/mol. The highest BCUT2D eigenvalue weighted by Crippen LogP contribution is 2.37. The van der Waals surface area contributed by atoms with Crippen molar-refractivity contribution in [3.63, 3.8) is 0 Å². The summed E-state index contributed by atoms with van der Waals surface area (Å²) in [5.41, 5.74) is 2.82. The van der Waals surface area contributed by atoms with Crippen LogP contribution in [0.2, 0.25) is 0 Å². The minimum absolute atomic E-state index is 0.0194. The summed E-state index contributed by atoms with van der Waals surface area (Å²) in [6.45, 7) is 0.345. The first-order chi connectivity index (χ1) is 21.5. The number of hydrogen-bond donors (Lipinski definition) is 1. The van der Waals surface area contributed by atoms with Crippen LogP contribution in [0.4, 0.5) is 10.1 Å². The molecule has 1 fully saturated rings. The zero-order valence-electron chi connectivity index (χ0n) is 24.9. The number of carbonyl (C=O) groups is 3. The van der Waals surface area contributed by atoms with Gasteiger partial charge in [0.25, 0.3) is 5.91 Å². The first-order valence-electron chi connectivity index (χ1n) is 15.7. The number of nitrogens with zero attached hydrogens (tertiary/aromatic N) is 2. The molecule has 6 nitrogen and oxygen atoms in total. The second kappa shape index (κ2) is 13.4. The lowest BCUT2D eigenvalue weighted by Crippen LogP contribution is -2.53. The zero-order valence-corrected chi connectivity index (χ0v) is 24.9. The molecule has 1 N–H and O–H groups in total. The number of halogens is 1. The molecule has 4 aromatic carbocycles. The maximum absolute atomic E-state index is 14.9. The molecule has 7 heteroatoms. The van der Waals surface area contributed by atoms with Gasteiger partial charge in [0, 0.05) is 48.5 Å². The second-order valence-electron chi connectivity index (χ2n) is 11.9. The van der Waals surface area contributed by atoms with Crippen molar-refractivity contribution in [2.24, 2.45) is 0 Å². The van der Waals surface area contributed by atoms with Crippen LogP contribution in [0.1, 0.15) is 66.4 Å². The van der Waals surface area contributed by atoms with E-state index >= 15 is 0 Å². The van der Waals surface area contributed by atoms with E-state index in [2.05, 4.69) is 5.32 Å². The van der Waals surface area contributed by atoms with E-state index in [-0.39, 0.29) is 36.7 Å². The summed E-state index contributed by atoms with van der Waals surface area (Å²) in [5, 5.41) is 5.17. The summed E-state index contributed by atoms with van der Waals surface area (Å²) >= 11 is 0. The molecule has 0 aromatic heterocycles. The number of nitrogens with one attached hydrogen (secondary N) is 1. The molecule has 0 radical (unpaired) electrons. The van der Waals surface area contributed by atoms with Crippen LogP contribution in [0.25, 0.3) is 10.8 Å². The van der Waals surface area contributed by atoms with Gasteiger partial charge in [0.1, 0.15) is 11.9 Å². The highest BCUT2D eigenvalue weighted by Gasteiger charge is 2.33. The molecule has 0 bridgehead atoms. The fourth-order valence-electron chi connectivity index (χ4n) is 6.64. The molecule has 3 amide bonds. The maximum atomic E-state index is 14.9.